The Morgan fingerprint density at radius 2 is 1.77 bits per heavy atom. The summed E-state index contributed by atoms with van der Waals surface area (Å²) in [6.07, 6.45) is 9.29. The molecular weight excluding hydrogens is 733 g/mol. The Bertz CT molecular complexity index is 2220. The number of anilines is 3. The third-order valence-electron chi connectivity index (χ3n) is 9.18. The Kier molecular flexibility index (Phi) is 12.9. The van der Waals surface area contributed by atoms with Crippen molar-refractivity contribution in [3.8, 4) is 22.1 Å². The van der Waals surface area contributed by atoms with Gasteiger partial charge in [-0.05, 0) is 87.1 Å². The quantitative estimate of drug-likeness (QED) is 0.0571. The smallest absolute Gasteiger partial charge is 0.291 e. The maximum absolute atomic E-state index is 13.1. The standard InChI is InChI=1S/C41H44N8O6S/c1-26-19-33(54-4)34(21-32(26)43-23-30-13-8-9-17-49(30)25-50)55-18-10-14-37(51)46-36-24-48(3)39(47-36)41(53)45-29-15-16-31(42-22-29)35-20-27(2)38(56-35)40(52)44-28-11-6-5-7-12-28/h5-7,11-12,15-16,19-25,30H,8-10,13-14,17-18H2,1-4H3,(H,44,52)(H,45,53)(H,46,51). The molecule has 56 heavy (non-hydrogen) atoms. The van der Waals surface area contributed by atoms with Gasteiger partial charge in [0.1, 0.15) is 0 Å². The van der Waals surface area contributed by atoms with E-state index in [0.29, 0.717) is 39.9 Å². The van der Waals surface area contributed by atoms with Gasteiger partial charge in [-0.25, -0.2) is 4.98 Å². The van der Waals surface area contributed by atoms with Gasteiger partial charge in [-0.15, -0.1) is 11.3 Å². The zero-order chi connectivity index (χ0) is 39.6. The normalized spacial score (nSPS) is 14.0. The van der Waals surface area contributed by atoms with Crippen LogP contribution < -0.4 is 25.4 Å². The summed E-state index contributed by atoms with van der Waals surface area (Å²) in [5.74, 6) is 0.462. The molecule has 3 aromatic heterocycles. The highest BCUT2D eigenvalue weighted by molar-refractivity contribution is 7.17. The number of benzene rings is 2. The lowest BCUT2D eigenvalue weighted by Gasteiger charge is -2.29. The van der Waals surface area contributed by atoms with Crippen LogP contribution in [0.25, 0.3) is 10.6 Å². The van der Waals surface area contributed by atoms with E-state index in [0.717, 1.165) is 53.9 Å². The van der Waals surface area contributed by atoms with E-state index >= 15 is 0 Å². The average Bonchev–Trinajstić information content (AvgIpc) is 3.78. The molecule has 290 valence electrons. The molecule has 5 aromatic rings. The second-order valence-electron chi connectivity index (χ2n) is 13.4. The highest BCUT2D eigenvalue weighted by atomic mass is 32.1. The third-order valence-corrected chi connectivity index (χ3v) is 10.4. The number of pyridine rings is 1. The van der Waals surface area contributed by atoms with Crippen LogP contribution in [0.2, 0.25) is 0 Å². The predicted molar refractivity (Wildman–Crippen MR) is 217 cm³/mol. The molecule has 2 aromatic carbocycles. The zero-order valence-electron chi connectivity index (χ0n) is 31.7. The van der Waals surface area contributed by atoms with Gasteiger partial charge in [0, 0.05) is 44.2 Å². The lowest BCUT2D eigenvalue weighted by atomic mass is 10.0. The molecule has 6 rings (SSSR count). The van der Waals surface area contributed by atoms with Gasteiger partial charge in [0.2, 0.25) is 18.1 Å². The first kappa shape index (κ1) is 39.3. The number of methoxy groups -OCH3 is 1. The van der Waals surface area contributed by atoms with Gasteiger partial charge in [-0.3, -0.25) is 29.2 Å². The summed E-state index contributed by atoms with van der Waals surface area (Å²) < 4.78 is 13.0. The minimum atomic E-state index is -0.474. The number of carbonyl (C=O) groups excluding carboxylic acids is 4. The number of aryl methyl sites for hydroxylation is 3. The van der Waals surface area contributed by atoms with Crippen molar-refractivity contribution in [1.82, 2.24) is 19.4 Å². The predicted octanol–water partition coefficient (Wildman–Crippen LogP) is 7.18. The average molecular weight is 777 g/mol. The molecule has 1 unspecified atom stereocenters. The van der Waals surface area contributed by atoms with Crippen molar-refractivity contribution in [2.24, 2.45) is 12.0 Å². The molecule has 1 aliphatic heterocycles. The van der Waals surface area contributed by atoms with Crippen LogP contribution in [0.3, 0.4) is 0 Å². The van der Waals surface area contributed by atoms with E-state index in [9.17, 15) is 19.2 Å². The van der Waals surface area contributed by atoms with E-state index in [1.54, 1.807) is 49.7 Å². The van der Waals surface area contributed by atoms with E-state index < -0.39 is 5.91 Å². The Morgan fingerprint density at radius 1 is 0.964 bits per heavy atom. The summed E-state index contributed by atoms with van der Waals surface area (Å²) in [5, 5.41) is 8.47. The molecule has 1 aliphatic rings. The largest absolute Gasteiger partial charge is 0.493 e. The van der Waals surface area contributed by atoms with Crippen LogP contribution in [0.15, 0.2) is 78.0 Å². The number of piperidine rings is 1. The second-order valence-corrected chi connectivity index (χ2v) is 14.4. The number of carbonyl (C=O) groups is 4. The number of nitrogens with zero attached hydrogens (tertiary/aromatic N) is 5. The number of aromatic nitrogens is 3. The molecule has 3 N–H and O–H groups in total. The van der Waals surface area contributed by atoms with Gasteiger partial charge in [-0.2, -0.15) is 0 Å². The van der Waals surface area contributed by atoms with Crippen LogP contribution in [0.5, 0.6) is 11.5 Å². The molecule has 0 spiro atoms. The third kappa shape index (κ3) is 9.84. The molecule has 4 heterocycles. The minimum Gasteiger partial charge on any atom is -0.493 e. The molecule has 0 aliphatic carbocycles. The maximum atomic E-state index is 13.1. The maximum Gasteiger partial charge on any atom is 0.291 e. The number of nitrogens with one attached hydrogen (secondary N) is 3. The summed E-state index contributed by atoms with van der Waals surface area (Å²) in [6.45, 7) is 4.79. The Morgan fingerprint density at radius 3 is 2.52 bits per heavy atom. The Balaban J connectivity index is 0.985. The van der Waals surface area contributed by atoms with E-state index in [1.807, 2.05) is 62.5 Å². The monoisotopic (exact) mass is 776 g/mol. The van der Waals surface area contributed by atoms with Crippen molar-refractivity contribution in [2.45, 2.75) is 52.0 Å². The molecule has 1 atom stereocenters. The van der Waals surface area contributed by atoms with Crippen molar-refractivity contribution in [2.75, 3.05) is 36.2 Å². The fourth-order valence-corrected chi connectivity index (χ4v) is 7.25. The highest BCUT2D eigenvalue weighted by Crippen LogP contribution is 2.35. The highest BCUT2D eigenvalue weighted by Gasteiger charge is 2.20. The van der Waals surface area contributed by atoms with Gasteiger partial charge in [0.25, 0.3) is 11.8 Å². The number of ether oxygens (including phenoxy) is 2. The van der Waals surface area contributed by atoms with Crippen LogP contribution in [-0.2, 0) is 16.6 Å². The number of thiophene rings is 1. The van der Waals surface area contributed by atoms with Crippen LogP contribution in [0, 0.1) is 13.8 Å². The van der Waals surface area contributed by atoms with E-state index in [1.165, 1.54) is 15.9 Å². The second kappa shape index (κ2) is 18.3. The van der Waals surface area contributed by atoms with E-state index in [2.05, 4.69) is 30.9 Å². The van der Waals surface area contributed by atoms with E-state index in [-0.39, 0.29) is 42.5 Å². The van der Waals surface area contributed by atoms with Crippen LogP contribution in [-0.4, -0.2) is 76.1 Å². The van der Waals surface area contributed by atoms with Gasteiger partial charge >= 0.3 is 0 Å². The van der Waals surface area contributed by atoms with Crippen LogP contribution in [0.1, 0.15) is 63.5 Å². The first-order chi connectivity index (χ1) is 27.1. The number of imidazole rings is 1. The Labute approximate surface area is 329 Å². The fraction of sp³-hybridized carbons (Fsp3) is 0.293. The molecule has 0 radical (unpaired) electrons. The zero-order valence-corrected chi connectivity index (χ0v) is 32.5. The van der Waals surface area contributed by atoms with Crippen LogP contribution in [0.4, 0.5) is 22.9 Å². The molecular formula is C41H44N8O6S. The summed E-state index contributed by atoms with van der Waals surface area (Å²) in [5.41, 5.74) is 4.30. The minimum absolute atomic E-state index is 0.0367. The molecule has 1 saturated heterocycles. The summed E-state index contributed by atoms with van der Waals surface area (Å²) in [4.78, 5) is 66.9. The lowest BCUT2D eigenvalue weighted by Crippen LogP contribution is -2.39. The molecule has 1 fully saturated rings. The number of rotatable bonds is 15. The van der Waals surface area contributed by atoms with Crippen molar-refractivity contribution in [3.63, 3.8) is 0 Å². The molecule has 15 heteroatoms. The SMILES string of the molecule is COc1cc(C)c(N=CC2CCCCN2C=O)cc1OCCCC(=O)Nc1cn(C)c(C(=O)Nc2ccc(-c3cc(C)c(C(=O)Nc4ccccc4)s3)nc2)n1. The van der Waals surface area contributed by atoms with Crippen LogP contribution >= 0.6 is 11.3 Å². The summed E-state index contributed by atoms with van der Waals surface area (Å²) in [7, 11) is 3.23. The number of hydrogen-bond donors (Lipinski definition) is 3. The van der Waals surface area contributed by atoms with Crippen molar-refractivity contribution in [1.29, 1.82) is 0 Å². The molecule has 0 bridgehead atoms. The topological polar surface area (TPSA) is 169 Å². The lowest BCUT2D eigenvalue weighted by molar-refractivity contribution is -0.120. The number of hydrogen-bond acceptors (Lipinski definition) is 10. The first-order valence-electron chi connectivity index (χ1n) is 18.3. The van der Waals surface area contributed by atoms with Gasteiger partial charge in [0.15, 0.2) is 17.3 Å². The molecule has 14 nitrogen and oxygen atoms in total. The number of aliphatic imine (C=N–C) groups is 1. The molecule has 0 saturated carbocycles. The van der Waals surface area contributed by atoms with Crippen molar-refractivity contribution >= 4 is 64.6 Å². The van der Waals surface area contributed by atoms with Gasteiger partial charge in [-0.1, -0.05) is 18.2 Å². The first-order valence-corrected chi connectivity index (χ1v) is 19.1. The summed E-state index contributed by atoms with van der Waals surface area (Å²) in [6, 6.07) is 18.3. The van der Waals surface area contributed by atoms with Gasteiger partial charge in [0.05, 0.1) is 52.8 Å². The van der Waals surface area contributed by atoms with E-state index in [4.69, 9.17) is 9.47 Å². The fourth-order valence-electron chi connectivity index (χ4n) is 6.20. The molecule has 4 amide bonds. The van der Waals surface area contributed by atoms with Gasteiger partial charge < -0.3 is 34.9 Å². The van der Waals surface area contributed by atoms with Crippen molar-refractivity contribution < 1.29 is 28.7 Å². The van der Waals surface area contributed by atoms with Crippen molar-refractivity contribution in [3.05, 3.63) is 94.9 Å². The summed E-state index contributed by atoms with van der Waals surface area (Å²) >= 11 is 1.34. The Hall–Kier alpha value is -6.35. The number of amides is 4. The number of para-hydroxylation sites is 1. The number of likely N-dealkylation sites (tertiary alicyclic amines) is 1.